The molecule has 21 heavy (non-hydrogen) atoms. The van der Waals surface area contributed by atoms with Crippen LogP contribution in [0.15, 0.2) is 18.2 Å². The summed E-state index contributed by atoms with van der Waals surface area (Å²) in [6.45, 7) is 1.05. The van der Waals surface area contributed by atoms with Crippen molar-refractivity contribution in [2.75, 3.05) is 25.0 Å². The third-order valence-corrected chi connectivity index (χ3v) is 4.26. The minimum absolute atomic E-state index is 0.223. The van der Waals surface area contributed by atoms with E-state index >= 15 is 0 Å². The van der Waals surface area contributed by atoms with Crippen LogP contribution in [0.25, 0.3) is 0 Å². The average molecular weight is 300 g/mol. The Balaban J connectivity index is 2.19. The van der Waals surface area contributed by atoms with Crippen molar-refractivity contribution in [1.29, 1.82) is 0 Å². The Bertz CT molecular complexity index is 465. The normalized spacial score (nSPS) is 16.4. The minimum Gasteiger partial charge on any atom is -0.374 e. The lowest BCUT2D eigenvalue weighted by Crippen LogP contribution is -2.24. The van der Waals surface area contributed by atoms with E-state index < -0.39 is 11.7 Å². The number of alkyl halides is 3. The van der Waals surface area contributed by atoms with Gasteiger partial charge in [-0.15, -0.1) is 0 Å². The van der Waals surface area contributed by atoms with Crippen molar-refractivity contribution in [3.63, 3.8) is 0 Å². The predicted octanol–water partition coefficient (Wildman–Crippen LogP) is 3.83. The van der Waals surface area contributed by atoms with E-state index in [9.17, 15) is 13.2 Å². The van der Waals surface area contributed by atoms with E-state index in [-0.39, 0.29) is 18.5 Å². The molecule has 1 aromatic carbocycles. The van der Waals surface area contributed by atoms with Gasteiger partial charge in [0.2, 0.25) is 0 Å². The molecule has 1 aliphatic carbocycles. The molecule has 1 fully saturated rings. The van der Waals surface area contributed by atoms with Crippen molar-refractivity contribution in [2.45, 2.75) is 38.3 Å². The Hall–Kier alpha value is -1.23. The molecule has 2 nitrogen and oxygen atoms in total. The number of anilines is 1. The number of hydrogen-bond donors (Lipinski definition) is 1. The molecular formula is C16H23F3N2. The summed E-state index contributed by atoms with van der Waals surface area (Å²) in [6, 6.07) is 4.60. The van der Waals surface area contributed by atoms with Crippen molar-refractivity contribution in [3.8, 4) is 0 Å². The second-order valence-electron chi connectivity index (χ2n) is 5.91. The maximum absolute atomic E-state index is 13.2. The van der Waals surface area contributed by atoms with Crippen LogP contribution >= 0.6 is 0 Å². The molecular weight excluding hydrogens is 277 g/mol. The van der Waals surface area contributed by atoms with Gasteiger partial charge >= 0.3 is 6.18 Å². The molecule has 0 heterocycles. The lowest BCUT2D eigenvalue weighted by molar-refractivity contribution is -0.138. The first-order chi connectivity index (χ1) is 9.91. The zero-order chi connectivity index (χ0) is 15.5. The number of halogens is 3. The number of nitrogens with zero attached hydrogens (tertiary/aromatic N) is 1. The Kier molecular flexibility index (Phi) is 5.14. The van der Waals surface area contributed by atoms with Gasteiger partial charge < -0.3 is 10.6 Å². The summed E-state index contributed by atoms with van der Waals surface area (Å²) in [5.74, 6) is 0.605. The molecule has 0 radical (unpaired) electrons. The van der Waals surface area contributed by atoms with Gasteiger partial charge in [-0.3, -0.25) is 0 Å². The fraction of sp³-hybridized carbons (Fsp3) is 0.625. The number of rotatable bonds is 5. The van der Waals surface area contributed by atoms with Crippen LogP contribution in [-0.2, 0) is 12.6 Å². The third kappa shape index (κ3) is 4.13. The Labute approximate surface area is 124 Å². The molecule has 1 aromatic rings. The van der Waals surface area contributed by atoms with Gasteiger partial charge in [0, 0.05) is 19.3 Å². The lowest BCUT2D eigenvalue weighted by Gasteiger charge is -2.25. The van der Waals surface area contributed by atoms with E-state index in [0.717, 1.165) is 6.54 Å². The maximum Gasteiger partial charge on any atom is 0.416 e. The zero-order valence-electron chi connectivity index (χ0n) is 12.4. The van der Waals surface area contributed by atoms with E-state index in [1.54, 1.807) is 12.1 Å². The van der Waals surface area contributed by atoms with Crippen LogP contribution in [0, 0.1) is 5.92 Å². The first-order valence-corrected chi connectivity index (χ1v) is 7.53. The monoisotopic (exact) mass is 300 g/mol. The summed E-state index contributed by atoms with van der Waals surface area (Å²) >= 11 is 0. The highest BCUT2D eigenvalue weighted by Gasteiger charge is 2.33. The Morgan fingerprint density at radius 2 is 1.90 bits per heavy atom. The van der Waals surface area contributed by atoms with Crippen molar-refractivity contribution < 1.29 is 13.2 Å². The van der Waals surface area contributed by atoms with Gasteiger partial charge in [0.25, 0.3) is 0 Å². The fourth-order valence-electron chi connectivity index (χ4n) is 3.12. The topological polar surface area (TPSA) is 29.3 Å². The van der Waals surface area contributed by atoms with Crippen LogP contribution < -0.4 is 10.6 Å². The van der Waals surface area contributed by atoms with Gasteiger partial charge in [-0.1, -0.05) is 18.9 Å². The van der Waals surface area contributed by atoms with Crippen LogP contribution in [-0.4, -0.2) is 20.1 Å². The number of nitrogens with two attached hydrogens (primary N) is 1. The summed E-state index contributed by atoms with van der Waals surface area (Å²) in [6.07, 6.45) is 0.767. The number of benzene rings is 1. The molecule has 0 saturated heterocycles. The summed E-state index contributed by atoms with van der Waals surface area (Å²) in [4.78, 5) is 1.94. The van der Waals surface area contributed by atoms with Crippen molar-refractivity contribution in [2.24, 2.45) is 11.7 Å². The average Bonchev–Trinajstić information content (AvgIpc) is 2.91. The molecule has 1 aliphatic rings. The van der Waals surface area contributed by atoms with Crippen LogP contribution in [0.4, 0.5) is 18.9 Å². The quantitative estimate of drug-likeness (QED) is 0.895. The molecule has 0 bridgehead atoms. The second kappa shape index (κ2) is 6.69. The molecule has 0 unspecified atom stereocenters. The second-order valence-corrected chi connectivity index (χ2v) is 5.91. The fourth-order valence-corrected chi connectivity index (χ4v) is 3.12. The highest BCUT2D eigenvalue weighted by molar-refractivity contribution is 5.51. The van der Waals surface area contributed by atoms with Crippen molar-refractivity contribution >= 4 is 5.69 Å². The molecule has 2 rings (SSSR count). The molecule has 1 saturated carbocycles. The van der Waals surface area contributed by atoms with Crippen LogP contribution in [0.3, 0.4) is 0 Å². The van der Waals surface area contributed by atoms with Crippen LogP contribution in [0.1, 0.15) is 36.8 Å². The first-order valence-electron chi connectivity index (χ1n) is 7.53. The molecule has 5 heteroatoms. The van der Waals surface area contributed by atoms with Gasteiger partial charge in [-0.05, 0) is 49.4 Å². The summed E-state index contributed by atoms with van der Waals surface area (Å²) in [5, 5.41) is 0. The van der Waals surface area contributed by atoms with Gasteiger partial charge in [0.1, 0.15) is 0 Å². The van der Waals surface area contributed by atoms with E-state index in [2.05, 4.69) is 0 Å². The van der Waals surface area contributed by atoms with E-state index in [4.69, 9.17) is 5.73 Å². The third-order valence-electron chi connectivity index (χ3n) is 4.26. The van der Waals surface area contributed by atoms with Gasteiger partial charge in [0.15, 0.2) is 0 Å². The molecule has 0 spiro atoms. The van der Waals surface area contributed by atoms with Gasteiger partial charge in [0.05, 0.1) is 5.56 Å². The van der Waals surface area contributed by atoms with Crippen molar-refractivity contribution in [3.05, 3.63) is 29.3 Å². The molecule has 0 amide bonds. The van der Waals surface area contributed by atoms with E-state index in [1.807, 2.05) is 11.9 Å². The largest absolute Gasteiger partial charge is 0.416 e. The Morgan fingerprint density at radius 1 is 1.24 bits per heavy atom. The number of hydrogen-bond acceptors (Lipinski definition) is 2. The minimum atomic E-state index is -4.32. The molecule has 0 aliphatic heterocycles. The molecule has 118 valence electrons. The molecule has 0 atom stereocenters. The van der Waals surface area contributed by atoms with E-state index in [1.165, 1.54) is 31.7 Å². The maximum atomic E-state index is 13.2. The summed E-state index contributed by atoms with van der Waals surface area (Å²) in [7, 11) is 1.87. The first kappa shape index (κ1) is 16.1. The molecule has 0 aromatic heterocycles. The smallest absolute Gasteiger partial charge is 0.374 e. The van der Waals surface area contributed by atoms with Gasteiger partial charge in [-0.2, -0.15) is 13.2 Å². The molecule has 2 N–H and O–H groups in total. The lowest BCUT2D eigenvalue weighted by atomic mass is 10.0. The summed E-state index contributed by atoms with van der Waals surface area (Å²) in [5.41, 5.74) is 5.76. The summed E-state index contributed by atoms with van der Waals surface area (Å²) < 4.78 is 39.5. The van der Waals surface area contributed by atoms with E-state index in [0.29, 0.717) is 11.6 Å². The van der Waals surface area contributed by atoms with Crippen LogP contribution in [0.2, 0.25) is 0 Å². The highest BCUT2D eigenvalue weighted by Crippen LogP contribution is 2.35. The standard InChI is InChI=1S/C16H23F3N2/c1-21(11-12-4-2-3-5-12)14-7-6-13(8-9-20)15(10-14)16(17,18)19/h6-7,10,12H,2-5,8-9,11,20H2,1H3. The van der Waals surface area contributed by atoms with Gasteiger partial charge in [-0.25, -0.2) is 0 Å². The SMILES string of the molecule is CN(CC1CCCC1)c1ccc(CCN)c(C(F)(F)F)c1. The van der Waals surface area contributed by atoms with Crippen molar-refractivity contribution in [1.82, 2.24) is 0 Å². The van der Waals surface area contributed by atoms with Crippen LogP contribution in [0.5, 0.6) is 0 Å². The predicted molar refractivity (Wildman–Crippen MR) is 79.4 cm³/mol. The highest BCUT2D eigenvalue weighted by atomic mass is 19.4. The zero-order valence-corrected chi connectivity index (χ0v) is 12.4. The Morgan fingerprint density at radius 3 is 2.48 bits per heavy atom.